The van der Waals surface area contributed by atoms with Crippen molar-refractivity contribution in [1.29, 1.82) is 0 Å². The van der Waals surface area contributed by atoms with Crippen molar-refractivity contribution in [3.05, 3.63) is 23.5 Å². The number of allylic oxidation sites excluding steroid dienone is 1. The lowest BCUT2D eigenvalue weighted by atomic mass is 9.83. The molecule has 0 saturated heterocycles. The largest absolute Gasteiger partial charge is 0.431 e. The Morgan fingerprint density at radius 3 is 2.93 bits per heavy atom. The lowest BCUT2D eigenvalue weighted by Crippen LogP contribution is -2.45. The maximum atomic E-state index is 11.4. The Hall–Kier alpha value is -1.75. The third-order valence-corrected chi connectivity index (χ3v) is 2.53. The van der Waals surface area contributed by atoms with Gasteiger partial charge in [-0.1, -0.05) is 6.92 Å². The summed E-state index contributed by atoms with van der Waals surface area (Å²) >= 11 is 0. The number of aliphatic imine (C=N–C) groups is 1. The van der Waals surface area contributed by atoms with Crippen molar-refractivity contribution in [2.75, 3.05) is 0 Å². The first-order chi connectivity index (χ1) is 7.09. The van der Waals surface area contributed by atoms with E-state index in [1.54, 1.807) is 6.92 Å². The number of cyclic esters (lactones) is 1. The average Bonchev–Trinajstić information content (AvgIpc) is 2.24. The van der Waals surface area contributed by atoms with Crippen LogP contribution in [0.2, 0.25) is 0 Å². The van der Waals surface area contributed by atoms with Crippen molar-refractivity contribution in [2.45, 2.75) is 18.9 Å². The van der Waals surface area contributed by atoms with Crippen molar-refractivity contribution in [1.82, 2.24) is 0 Å². The molecule has 0 aromatic heterocycles. The molecule has 0 aromatic carbocycles. The fraction of sp³-hybridized carbons (Fsp3) is 0.300. The van der Waals surface area contributed by atoms with Gasteiger partial charge in [-0.2, -0.15) is 0 Å². The normalized spacial score (nSPS) is 29.2. The molecule has 0 spiro atoms. The molecule has 0 fully saturated rings. The summed E-state index contributed by atoms with van der Waals surface area (Å²) in [6.07, 6.45) is 3.92. The fourth-order valence-electron chi connectivity index (χ4n) is 1.58. The standard InChI is InChI=1S/C10H9NO4/c1-2-10(14)7-3-4-11-8(12)6(7)5-15-9(10)13/h3-5,14H,2H2,1H3/t10-/m0/s1. The fourth-order valence-corrected chi connectivity index (χ4v) is 1.58. The summed E-state index contributed by atoms with van der Waals surface area (Å²) in [5.41, 5.74) is -1.32. The summed E-state index contributed by atoms with van der Waals surface area (Å²) < 4.78 is 4.64. The van der Waals surface area contributed by atoms with Crippen molar-refractivity contribution < 1.29 is 19.4 Å². The van der Waals surface area contributed by atoms with E-state index in [1.807, 2.05) is 0 Å². The van der Waals surface area contributed by atoms with Gasteiger partial charge < -0.3 is 9.84 Å². The van der Waals surface area contributed by atoms with E-state index in [1.165, 1.54) is 12.3 Å². The minimum Gasteiger partial charge on any atom is -0.431 e. The molecule has 1 N–H and O–H groups in total. The lowest BCUT2D eigenvalue weighted by Gasteiger charge is -2.31. The SMILES string of the molecule is CC[C@@]1(O)C(=O)OC=C2C(=O)N=CC=C21. The molecule has 1 amide bonds. The summed E-state index contributed by atoms with van der Waals surface area (Å²) in [6.45, 7) is 1.64. The molecule has 0 bridgehead atoms. The average molecular weight is 207 g/mol. The topological polar surface area (TPSA) is 76.0 Å². The molecule has 0 unspecified atom stereocenters. The van der Waals surface area contributed by atoms with Gasteiger partial charge in [-0.25, -0.2) is 9.79 Å². The second-order valence-electron chi connectivity index (χ2n) is 3.31. The van der Waals surface area contributed by atoms with Gasteiger partial charge in [0.15, 0.2) is 5.60 Å². The third kappa shape index (κ3) is 1.24. The van der Waals surface area contributed by atoms with Gasteiger partial charge in [-0.15, -0.1) is 0 Å². The first-order valence-corrected chi connectivity index (χ1v) is 4.52. The highest BCUT2D eigenvalue weighted by molar-refractivity contribution is 6.10. The van der Waals surface area contributed by atoms with Gasteiger partial charge >= 0.3 is 5.97 Å². The van der Waals surface area contributed by atoms with Crippen LogP contribution in [-0.2, 0) is 14.3 Å². The van der Waals surface area contributed by atoms with E-state index in [4.69, 9.17) is 0 Å². The molecule has 2 aliphatic heterocycles. The zero-order chi connectivity index (χ0) is 11.1. The molecule has 78 valence electrons. The number of amides is 1. The van der Waals surface area contributed by atoms with Crippen LogP contribution in [-0.4, -0.2) is 28.8 Å². The summed E-state index contributed by atoms with van der Waals surface area (Å²) in [5, 5.41) is 10.1. The van der Waals surface area contributed by atoms with Gasteiger partial charge in [0, 0.05) is 11.8 Å². The van der Waals surface area contributed by atoms with Crippen LogP contribution >= 0.6 is 0 Å². The van der Waals surface area contributed by atoms with Crippen LogP contribution < -0.4 is 0 Å². The molecular formula is C10H9NO4. The number of aliphatic hydroxyl groups is 1. The minimum absolute atomic E-state index is 0.140. The van der Waals surface area contributed by atoms with Crippen molar-refractivity contribution in [2.24, 2.45) is 4.99 Å². The molecular weight excluding hydrogens is 198 g/mol. The second-order valence-corrected chi connectivity index (χ2v) is 3.31. The Labute approximate surface area is 85.8 Å². The molecule has 5 heteroatoms. The number of rotatable bonds is 1. The summed E-state index contributed by atoms with van der Waals surface area (Å²) in [6, 6.07) is 0. The first-order valence-electron chi connectivity index (χ1n) is 4.52. The van der Waals surface area contributed by atoms with E-state index in [0.29, 0.717) is 0 Å². The van der Waals surface area contributed by atoms with E-state index in [9.17, 15) is 14.7 Å². The van der Waals surface area contributed by atoms with Gasteiger partial charge in [0.05, 0.1) is 5.57 Å². The van der Waals surface area contributed by atoms with Gasteiger partial charge in [-0.05, 0) is 12.5 Å². The Kier molecular flexibility index (Phi) is 2.04. The number of hydrogen-bond donors (Lipinski definition) is 1. The highest BCUT2D eigenvalue weighted by atomic mass is 16.5. The van der Waals surface area contributed by atoms with Crippen LogP contribution in [0.3, 0.4) is 0 Å². The molecule has 2 rings (SSSR count). The van der Waals surface area contributed by atoms with Crippen molar-refractivity contribution in [3.8, 4) is 0 Å². The van der Waals surface area contributed by atoms with Gasteiger partial charge in [0.1, 0.15) is 6.26 Å². The Morgan fingerprint density at radius 1 is 1.53 bits per heavy atom. The highest BCUT2D eigenvalue weighted by Crippen LogP contribution is 2.34. The number of ether oxygens (including phenoxy) is 1. The molecule has 0 aromatic rings. The summed E-state index contributed by atoms with van der Waals surface area (Å²) in [7, 11) is 0. The predicted octanol–water partition coefficient (Wildman–Crippen LogP) is 0.106. The van der Waals surface area contributed by atoms with E-state index < -0.39 is 17.5 Å². The number of dihydropyridines is 1. The number of carbonyl (C=O) groups is 2. The van der Waals surface area contributed by atoms with Crippen LogP contribution in [0.1, 0.15) is 13.3 Å². The predicted molar refractivity (Wildman–Crippen MR) is 51.0 cm³/mol. The maximum absolute atomic E-state index is 11.4. The second kappa shape index (κ2) is 3.13. The number of hydrogen-bond acceptors (Lipinski definition) is 4. The quantitative estimate of drug-likeness (QED) is 0.619. The number of fused-ring (bicyclic) bond motifs is 1. The lowest BCUT2D eigenvalue weighted by molar-refractivity contribution is -0.157. The highest BCUT2D eigenvalue weighted by Gasteiger charge is 2.46. The van der Waals surface area contributed by atoms with Crippen LogP contribution in [0.5, 0.6) is 0 Å². The minimum atomic E-state index is -1.73. The molecule has 5 nitrogen and oxygen atoms in total. The van der Waals surface area contributed by atoms with Crippen molar-refractivity contribution in [3.63, 3.8) is 0 Å². The van der Waals surface area contributed by atoms with Crippen LogP contribution in [0.25, 0.3) is 0 Å². The van der Waals surface area contributed by atoms with E-state index >= 15 is 0 Å². The number of carbonyl (C=O) groups excluding carboxylic acids is 2. The van der Waals surface area contributed by atoms with E-state index in [2.05, 4.69) is 9.73 Å². The zero-order valence-electron chi connectivity index (χ0n) is 8.06. The van der Waals surface area contributed by atoms with Crippen LogP contribution in [0.15, 0.2) is 28.5 Å². The van der Waals surface area contributed by atoms with Crippen LogP contribution in [0.4, 0.5) is 0 Å². The number of nitrogens with zero attached hydrogens (tertiary/aromatic N) is 1. The first kappa shape index (κ1) is 9.79. The number of esters is 1. The summed E-state index contributed by atoms with van der Waals surface area (Å²) in [5.74, 6) is -1.27. The summed E-state index contributed by atoms with van der Waals surface area (Å²) in [4.78, 5) is 26.3. The molecule has 0 aliphatic carbocycles. The van der Waals surface area contributed by atoms with E-state index in [-0.39, 0.29) is 17.6 Å². The van der Waals surface area contributed by atoms with Crippen LogP contribution in [0, 0.1) is 0 Å². The smallest absolute Gasteiger partial charge is 0.347 e. The zero-order valence-corrected chi connectivity index (χ0v) is 8.06. The van der Waals surface area contributed by atoms with Gasteiger partial charge in [0.2, 0.25) is 0 Å². The molecule has 0 saturated carbocycles. The third-order valence-electron chi connectivity index (χ3n) is 2.53. The molecule has 1 atom stereocenters. The Balaban J connectivity index is 2.57. The van der Waals surface area contributed by atoms with Crippen molar-refractivity contribution >= 4 is 18.1 Å². The Bertz CT molecular complexity index is 433. The molecule has 0 radical (unpaired) electrons. The van der Waals surface area contributed by atoms with E-state index in [0.717, 1.165) is 6.26 Å². The monoisotopic (exact) mass is 207 g/mol. The molecule has 15 heavy (non-hydrogen) atoms. The van der Waals surface area contributed by atoms with Gasteiger partial charge in [-0.3, -0.25) is 4.79 Å². The Morgan fingerprint density at radius 2 is 2.27 bits per heavy atom. The molecule has 2 aliphatic rings. The van der Waals surface area contributed by atoms with Gasteiger partial charge in [0.25, 0.3) is 5.91 Å². The molecule has 2 heterocycles. The maximum Gasteiger partial charge on any atom is 0.347 e.